The number of fused-ring (bicyclic) bond motifs is 1. The molecule has 1 N–H and O–H groups in total. The van der Waals surface area contributed by atoms with Crippen LogP contribution < -0.4 is 15.8 Å². The van der Waals surface area contributed by atoms with Gasteiger partial charge in [0.1, 0.15) is 5.56 Å². The molecule has 0 aliphatic carbocycles. The number of carbonyl (C=O) groups is 1. The number of hydrogen-bond acceptors (Lipinski definition) is 5. The van der Waals surface area contributed by atoms with Crippen molar-refractivity contribution in [3.05, 3.63) is 75.6 Å². The Morgan fingerprint density at radius 3 is 2.53 bits per heavy atom. The standard InChI is InChI=1S/C24H27N3O3/c1-3-30-24(29)21-22(26-13-11-25-12-14-26)19-15-17(2)9-10-20(19)27(23(21)28)16-18-7-5-4-6-8-18/h4-10,15,25H,3,11-14,16H2,1-2H3. The lowest BCUT2D eigenvalue weighted by molar-refractivity contribution is 0.0524. The van der Waals surface area contributed by atoms with E-state index in [1.807, 2.05) is 49.4 Å². The highest BCUT2D eigenvalue weighted by atomic mass is 16.5. The minimum atomic E-state index is -0.554. The molecule has 6 heteroatoms. The van der Waals surface area contributed by atoms with E-state index in [0.717, 1.165) is 48.2 Å². The molecular weight excluding hydrogens is 378 g/mol. The maximum Gasteiger partial charge on any atom is 0.345 e. The SMILES string of the molecule is CCOC(=O)c1c(N2CCNCC2)c2cc(C)ccc2n(Cc2ccccc2)c1=O. The fourth-order valence-electron chi connectivity index (χ4n) is 4.08. The molecule has 1 aliphatic rings. The summed E-state index contributed by atoms with van der Waals surface area (Å²) in [4.78, 5) is 28.8. The molecule has 0 amide bonds. The third kappa shape index (κ3) is 3.83. The molecule has 6 nitrogen and oxygen atoms in total. The van der Waals surface area contributed by atoms with Crippen molar-refractivity contribution in [2.75, 3.05) is 37.7 Å². The first-order valence-electron chi connectivity index (χ1n) is 10.4. The van der Waals surface area contributed by atoms with E-state index >= 15 is 0 Å². The van der Waals surface area contributed by atoms with Crippen LogP contribution in [-0.2, 0) is 11.3 Å². The van der Waals surface area contributed by atoms with E-state index in [-0.39, 0.29) is 17.7 Å². The maximum atomic E-state index is 13.7. The normalized spacial score (nSPS) is 14.1. The summed E-state index contributed by atoms with van der Waals surface area (Å²) in [6, 6.07) is 15.9. The molecule has 30 heavy (non-hydrogen) atoms. The van der Waals surface area contributed by atoms with Crippen LogP contribution in [0.15, 0.2) is 53.3 Å². The molecule has 1 fully saturated rings. The highest BCUT2D eigenvalue weighted by Gasteiger charge is 2.27. The van der Waals surface area contributed by atoms with Crippen LogP contribution in [0, 0.1) is 6.92 Å². The van der Waals surface area contributed by atoms with E-state index in [1.165, 1.54) is 0 Å². The summed E-state index contributed by atoms with van der Waals surface area (Å²) in [5, 5.41) is 4.25. The zero-order valence-electron chi connectivity index (χ0n) is 17.5. The van der Waals surface area contributed by atoms with Gasteiger partial charge in [0.2, 0.25) is 0 Å². The molecule has 0 bridgehead atoms. The molecule has 0 unspecified atom stereocenters. The van der Waals surface area contributed by atoms with Gasteiger partial charge >= 0.3 is 5.97 Å². The number of anilines is 1. The van der Waals surface area contributed by atoms with Crippen molar-refractivity contribution in [3.63, 3.8) is 0 Å². The van der Waals surface area contributed by atoms with Gasteiger partial charge in [-0.2, -0.15) is 0 Å². The van der Waals surface area contributed by atoms with Crippen LogP contribution in [0.3, 0.4) is 0 Å². The molecule has 156 valence electrons. The Hall–Kier alpha value is -3.12. The summed E-state index contributed by atoms with van der Waals surface area (Å²) in [6.07, 6.45) is 0. The van der Waals surface area contributed by atoms with Crippen LogP contribution >= 0.6 is 0 Å². The van der Waals surface area contributed by atoms with Crippen molar-refractivity contribution < 1.29 is 9.53 Å². The summed E-state index contributed by atoms with van der Waals surface area (Å²) >= 11 is 0. The van der Waals surface area contributed by atoms with Gasteiger partial charge in [-0.3, -0.25) is 4.79 Å². The number of rotatable bonds is 5. The zero-order chi connectivity index (χ0) is 21.1. The van der Waals surface area contributed by atoms with Gasteiger partial charge in [-0.05, 0) is 31.5 Å². The fourth-order valence-corrected chi connectivity index (χ4v) is 4.08. The average molecular weight is 405 g/mol. The highest BCUT2D eigenvalue weighted by Crippen LogP contribution is 2.31. The Bertz CT molecular complexity index is 1120. The molecule has 1 aliphatic heterocycles. The monoisotopic (exact) mass is 405 g/mol. The number of nitrogens with zero attached hydrogens (tertiary/aromatic N) is 2. The van der Waals surface area contributed by atoms with Crippen LogP contribution in [-0.4, -0.2) is 43.3 Å². The zero-order valence-corrected chi connectivity index (χ0v) is 17.5. The molecule has 0 radical (unpaired) electrons. The molecule has 1 saturated heterocycles. The number of carbonyl (C=O) groups excluding carboxylic acids is 1. The van der Waals surface area contributed by atoms with Crippen LogP contribution in [0.5, 0.6) is 0 Å². The number of esters is 1. The van der Waals surface area contributed by atoms with Gasteiger partial charge in [0.05, 0.1) is 24.4 Å². The number of benzene rings is 2. The van der Waals surface area contributed by atoms with Crippen LogP contribution in [0.4, 0.5) is 5.69 Å². The van der Waals surface area contributed by atoms with Gasteiger partial charge in [0.25, 0.3) is 5.56 Å². The number of aryl methyl sites for hydroxylation is 1. The second-order valence-corrected chi connectivity index (χ2v) is 7.58. The summed E-state index contributed by atoms with van der Waals surface area (Å²) in [7, 11) is 0. The number of hydrogen-bond donors (Lipinski definition) is 1. The number of ether oxygens (including phenoxy) is 1. The lowest BCUT2D eigenvalue weighted by Gasteiger charge is -2.32. The predicted molar refractivity (Wildman–Crippen MR) is 120 cm³/mol. The van der Waals surface area contributed by atoms with Gasteiger partial charge in [-0.1, -0.05) is 42.0 Å². The van der Waals surface area contributed by atoms with Crippen LogP contribution in [0.25, 0.3) is 10.9 Å². The van der Waals surface area contributed by atoms with Gasteiger partial charge in [0, 0.05) is 31.6 Å². The van der Waals surface area contributed by atoms with Crippen molar-refractivity contribution in [2.24, 2.45) is 0 Å². The average Bonchev–Trinajstić information content (AvgIpc) is 2.76. The quantitative estimate of drug-likeness (QED) is 0.662. The van der Waals surface area contributed by atoms with E-state index < -0.39 is 5.97 Å². The minimum absolute atomic E-state index is 0.132. The Balaban J connectivity index is 2.01. The van der Waals surface area contributed by atoms with Gasteiger partial charge < -0.3 is 19.5 Å². The van der Waals surface area contributed by atoms with E-state index in [0.29, 0.717) is 12.2 Å². The first kappa shape index (κ1) is 20.2. The second-order valence-electron chi connectivity index (χ2n) is 7.58. The molecule has 2 heterocycles. The molecule has 3 aromatic rings. The van der Waals surface area contributed by atoms with Gasteiger partial charge in [-0.15, -0.1) is 0 Å². The van der Waals surface area contributed by atoms with Crippen molar-refractivity contribution in [3.8, 4) is 0 Å². The van der Waals surface area contributed by atoms with E-state index in [1.54, 1.807) is 11.5 Å². The molecule has 0 saturated carbocycles. The third-order valence-electron chi connectivity index (χ3n) is 5.49. The van der Waals surface area contributed by atoms with E-state index in [4.69, 9.17) is 4.74 Å². The molecule has 0 atom stereocenters. The van der Waals surface area contributed by atoms with Crippen molar-refractivity contribution in [2.45, 2.75) is 20.4 Å². The second kappa shape index (κ2) is 8.71. The molecule has 1 aromatic heterocycles. The van der Waals surface area contributed by atoms with Gasteiger partial charge in [-0.25, -0.2) is 4.79 Å². The number of aromatic nitrogens is 1. The van der Waals surface area contributed by atoms with E-state index in [2.05, 4.69) is 16.3 Å². The largest absolute Gasteiger partial charge is 0.462 e. The first-order valence-corrected chi connectivity index (χ1v) is 10.4. The van der Waals surface area contributed by atoms with Crippen molar-refractivity contribution in [1.29, 1.82) is 0 Å². The molecular formula is C24H27N3O3. The maximum absolute atomic E-state index is 13.7. The lowest BCUT2D eigenvalue weighted by atomic mass is 10.0. The predicted octanol–water partition coefficient (Wildman–Crippen LogP) is 2.94. The Labute approximate surface area is 176 Å². The fraction of sp³-hybridized carbons (Fsp3) is 0.333. The Morgan fingerprint density at radius 1 is 1.10 bits per heavy atom. The smallest absolute Gasteiger partial charge is 0.345 e. The molecule has 0 spiro atoms. The van der Waals surface area contributed by atoms with Crippen LogP contribution in [0.1, 0.15) is 28.4 Å². The minimum Gasteiger partial charge on any atom is -0.462 e. The topological polar surface area (TPSA) is 63.6 Å². The van der Waals surface area contributed by atoms with E-state index in [9.17, 15) is 9.59 Å². The third-order valence-corrected chi connectivity index (χ3v) is 5.49. The van der Waals surface area contributed by atoms with Crippen LogP contribution in [0.2, 0.25) is 0 Å². The summed E-state index contributed by atoms with van der Waals surface area (Å²) in [6.45, 7) is 7.49. The highest BCUT2D eigenvalue weighted by molar-refractivity contribution is 6.05. The Kier molecular flexibility index (Phi) is 5.86. The lowest BCUT2D eigenvalue weighted by Crippen LogP contribution is -2.45. The first-order chi connectivity index (χ1) is 14.6. The van der Waals surface area contributed by atoms with Gasteiger partial charge in [0.15, 0.2) is 0 Å². The summed E-state index contributed by atoms with van der Waals surface area (Å²) in [5.74, 6) is -0.554. The molecule has 2 aromatic carbocycles. The molecule has 4 rings (SSSR count). The summed E-state index contributed by atoms with van der Waals surface area (Å²) < 4.78 is 7.03. The number of pyridine rings is 1. The Morgan fingerprint density at radius 2 is 1.83 bits per heavy atom. The summed E-state index contributed by atoms with van der Waals surface area (Å²) in [5.41, 5.74) is 3.44. The number of piperazine rings is 1. The van der Waals surface area contributed by atoms with Crippen molar-refractivity contribution >= 4 is 22.6 Å². The van der Waals surface area contributed by atoms with Crippen molar-refractivity contribution in [1.82, 2.24) is 9.88 Å². The number of nitrogens with one attached hydrogen (secondary N) is 1.